The van der Waals surface area contributed by atoms with Crippen LogP contribution in [0.15, 0.2) is 22.8 Å². The first-order valence-corrected chi connectivity index (χ1v) is 7.34. The summed E-state index contributed by atoms with van der Waals surface area (Å²) in [6.45, 7) is 6.26. The Labute approximate surface area is 116 Å². The lowest BCUT2D eigenvalue weighted by Gasteiger charge is -2.22. The second-order valence-electron chi connectivity index (χ2n) is 5.89. The van der Waals surface area contributed by atoms with Crippen molar-refractivity contribution in [2.75, 3.05) is 6.54 Å². The van der Waals surface area contributed by atoms with Crippen molar-refractivity contribution in [3.63, 3.8) is 0 Å². The van der Waals surface area contributed by atoms with E-state index in [2.05, 4.69) is 52.7 Å². The molecule has 0 spiro atoms. The van der Waals surface area contributed by atoms with Gasteiger partial charge in [0.25, 0.3) is 0 Å². The fourth-order valence-electron chi connectivity index (χ4n) is 2.95. The molecule has 3 rings (SSSR count). The molecule has 0 bridgehead atoms. The van der Waals surface area contributed by atoms with Crippen LogP contribution in [0, 0.1) is 0 Å². The minimum absolute atomic E-state index is 0.0336. The number of halogens is 1. The van der Waals surface area contributed by atoms with Gasteiger partial charge in [-0.3, -0.25) is 0 Å². The number of benzene rings is 1. The van der Waals surface area contributed by atoms with E-state index >= 15 is 0 Å². The molecule has 1 aliphatic rings. The van der Waals surface area contributed by atoms with Crippen LogP contribution in [0.4, 0.5) is 0 Å². The van der Waals surface area contributed by atoms with E-state index in [1.54, 1.807) is 0 Å². The van der Waals surface area contributed by atoms with Gasteiger partial charge in [0.05, 0.1) is 5.52 Å². The normalized spacial score (nSPS) is 15.3. The number of aryl methyl sites for hydroxylation is 2. The van der Waals surface area contributed by atoms with Crippen LogP contribution in [0.1, 0.15) is 31.4 Å². The van der Waals surface area contributed by atoms with Crippen LogP contribution in [0.2, 0.25) is 0 Å². The monoisotopic (exact) mass is 306 g/mol. The molecule has 0 fully saturated rings. The molecule has 2 aromatic rings. The Morgan fingerprint density at radius 1 is 1.39 bits per heavy atom. The summed E-state index contributed by atoms with van der Waals surface area (Å²) in [5, 5.41) is 1.37. The molecule has 18 heavy (non-hydrogen) atoms. The fraction of sp³-hybridized carbons (Fsp3) is 0.467. The summed E-state index contributed by atoms with van der Waals surface area (Å²) in [5.41, 5.74) is 10.2. The first kappa shape index (κ1) is 12.2. The molecule has 0 atom stereocenters. The summed E-state index contributed by atoms with van der Waals surface area (Å²) >= 11 is 3.64. The Kier molecular flexibility index (Phi) is 2.79. The molecule has 0 saturated heterocycles. The summed E-state index contributed by atoms with van der Waals surface area (Å²) in [5.74, 6) is 0. The van der Waals surface area contributed by atoms with Crippen molar-refractivity contribution >= 4 is 26.8 Å². The standard InChI is InChI=1S/C15H19BrN2/c1-15(2,9-17)13-8-18-5-3-4-10-6-11(16)7-12(13)14(10)18/h6-8H,3-5,9,17H2,1-2H3. The number of rotatable bonds is 2. The van der Waals surface area contributed by atoms with Gasteiger partial charge < -0.3 is 10.3 Å². The lowest BCUT2D eigenvalue weighted by Crippen LogP contribution is -2.27. The Balaban J connectivity index is 2.36. The minimum Gasteiger partial charge on any atom is -0.347 e. The predicted molar refractivity (Wildman–Crippen MR) is 80.0 cm³/mol. The van der Waals surface area contributed by atoms with Crippen molar-refractivity contribution in [3.05, 3.63) is 33.9 Å². The van der Waals surface area contributed by atoms with Gasteiger partial charge in [-0.1, -0.05) is 29.8 Å². The van der Waals surface area contributed by atoms with Gasteiger partial charge in [0.1, 0.15) is 0 Å². The summed E-state index contributed by atoms with van der Waals surface area (Å²) < 4.78 is 3.59. The van der Waals surface area contributed by atoms with Gasteiger partial charge in [0.15, 0.2) is 0 Å². The fourth-order valence-corrected chi connectivity index (χ4v) is 3.45. The van der Waals surface area contributed by atoms with E-state index in [9.17, 15) is 0 Å². The van der Waals surface area contributed by atoms with E-state index in [0.29, 0.717) is 6.54 Å². The van der Waals surface area contributed by atoms with E-state index in [4.69, 9.17) is 5.73 Å². The van der Waals surface area contributed by atoms with Gasteiger partial charge >= 0.3 is 0 Å². The second-order valence-corrected chi connectivity index (χ2v) is 6.80. The van der Waals surface area contributed by atoms with Gasteiger partial charge in [0.2, 0.25) is 0 Å². The lowest BCUT2D eigenvalue weighted by atomic mass is 9.84. The van der Waals surface area contributed by atoms with E-state index < -0.39 is 0 Å². The van der Waals surface area contributed by atoms with Crippen LogP contribution in [0.3, 0.4) is 0 Å². The van der Waals surface area contributed by atoms with Crippen molar-refractivity contribution in [2.45, 2.75) is 38.6 Å². The van der Waals surface area contributed by atoms with E-state index in [-0.39, 0.29) is 5.41 Å². The molecule has 0 amide bonds. The van der Waals surface area contributed by atoms with Crippen molar-refractivity contribution < 1.29 is 0 Å². The smallest absolute Gasteiger partial charge is 0.0516 e. The minimum atomic E-state index is 0.0336. The predicted octanol–water partition coefficient (Wildman–Crippen LogP) is 3.59. The summed E-state index contributed by atoms with van der Waals surface area (Å²) in [7, 11) is 0. The van der Waals surface area contributed by atoms with Crippen molar-refractivity contribution in [2.24, 2.45) is 5.73 Å². The molecule has 2 nitrogen and oxygen atoms in total. The molecule has 96 valence electrons. The summed E-state index contributed by atoms with van der Waals surface area (Å²) in [6, 6.07) is 4.50. The van der Waals surface area contributed by atoms with Crippen molar-refractivity contribution in [3.8, 4) is 0 Å². The molecule has 1 aromatic carbocycles. The van der Waals surface area contributed by atoms with E-state index in [1.807, 2.05) is 0 Å². The average Bonchev–Trinajstić information content (AvgIpc) is 2.70. The first-order valence-electron chi connectivity index (χ1n) is 6.55. The quantitative estimate of drug-likeness (QED) is 0.903. The van der Waals surface area contributed by atoms with Gasteiger partial charge in [-0.25, -0.2) is 0 Å². The molecule has 0 radical (unpaired) electrons. The second kappa shape index (κ2) is 4.10. The third-order valence-electron chi connectivity index (χ3n) is 4.10. The molecular weight excluding hydrogens is 288 g/mol. The topological polar surface area (TPSA) is 30.9 Å². The van der Waals surface area contributed by atoms with E-state index in [1.165, 1.54) is 39.3 Å². The molecule has 1 aliphatic heterocycles. The zero-order valence-electron chi connectivity index (χ0n) is 11.0. The van der Waals surface area contributed by atoms with E-state index in [0.717, 1.165) is 6.54 Å². The number of nitrogens with zero attached hydrogens (tertiary/aromatic N) is 1. The highest BCUT2D eigenvalue weighted by atomic mass is 79.9. The molecule has 2 N–H and O–H groups in total. The zero-order chi connectivity index (χ0) is 12.9. The Bertz CT molecular complexity index is 610. The molecular formula is C15H19BrN2. The first-order chi connectivity index (χ1) is 8.53. The third kappa shape index (κ3) is 1.72. The van der Waals surface area contributed by atoms with Gasteiger partial charge in [-0.15, -0.1) is 0 Å². The van der Waals surface area contributed by atoms with Crippen molar-refractivity contribution in [1.29, 1.82) is 0 Å². The Morgan fingerprint density at radius 3 is 2.89 bits per heavy atom. The molecule has 0 aliphatic carbocycles. The number of aromatic nitrogens is 1. The lowest BCUT2D eigenvalue weighted by molar-refractivity contribution is 0.538. The number of hydrogen-bond donors (Lipinski definition) is 1. The van der Waals surface area contributed by atoms with Crippen molar-refractivity contribution in [1.82, 2.24) is 4.57 Å². The van der Waals surface area contributed by atoms with Crippen LogP contribution in [0.25, 0.3) is 10.9 Å². The van der Waals surface area contributed by atoms with Crippen LogP contribution < -0.4 is 5.73 Å². The highest BCUT2D eigenvalue weighted by Gasteiger charge is 2.26. The highest BCUT2D eigenvalue weighted by Crippen LogP contribution is 2.37. The van der Waals surface area contributed by atoms with Crippen LogP contribution in [-0.2, 0) is 18.4 Å². The molecule has 0 saturated carbocycles. The Hall–Kier alpha value is -0.800. The summed E-state index contributed by atoms with van der Waals surface area (Å²) in [4.78, 5) is 0. The molecule has 3 heteroatoms. The maximum Gasteiger partial charge on any atom is 0.0516 e. The van der Waals surface area contributed by atoms with Crippen LogP contribution in [-0.4, -0.2) is 11.1 Å². The number of hydrogen-bond acceptors (Lipinski definition) is 1. The Morgan fingerprint density at radius 2 is 2.17 bits per heavy atom. The van der Waals surface area contributed by atoms with Crippen LogP contribution in [0.5, 0.6) is 0 Å². The molecule has 2 heterocycles. The van der Waals surface area contributed by atoms with Crippen LogP contribution >= 0.6 is 15.9 Å². The summed E-state index contributed by atoms with van der Waals surface area (Å²) in [6.07, 6.45) is 4.73. The third-order valence-corrected chi connectivity index (χ3v) is 4.56. The van der Waals surface area contributed by atoms with Gasteiger partial charge in [-0.05, 0) is 36.1 Å². The van der Waals surface area contributed by atoms with Gasteiger partial charge in [0, 0.05) is 34.6 Å². The maximum absolute atomic E-state index is 5.95. The highest BCUT2D eigenvalue weighted by molar-refractivity contribution is 9.10. The SMILES string of the molecule is CC(C)(CN)c1cn2c3c(cc(Br)cc13)CCC2. The largest absolute Gasteiger partial charge is 0.347 e. The molecule has 1 aromatic heterocycles. The van der Waals surface area contributed by atoms with Gasteiger partial charge in [-0.2, -0.15) is 0 Å². The average molecular weight is 307 g/mol. The number of nitrogens with two attached hydrogens (primary N) is 1. The zero-order valence-corrected chi connectivity index (χ0v) is 12.5. The maximum atomic E-state index is 5.95. The molecule has 0 unspecified atom stereocenters.